The Balaban J connectivity index is 3.20. The molecule has 0 aliphatic heterocycles. The van der Waals surface area contributed by atoms with Crippen molar-refractivity contribution in [2.75, 3.05) is 5.32 Å². The zero-order valence-corrected chi connectivity index (χ0v) is 12.9. The van der Waals surface area contributed by atoms with Gasteiger partial charge in [-0.05, 0) is 26.8 Å². The molecule has 0 spiro atoms. The lowest BCUT2D eigenvalue weighted by molar-refractivity contribution is -0.138. The van der Waals surface area contributed by atoms with Crippen LogP contribution in [0, 0.1) is 0 Å². The van der Waals surface area contributed by atoms with E-state index in [0.717, 1.165) is 19.2 Å². The summed E-state index contributed by atoms with van der Waals surface area (Å²) in [6, 6.07) is -0.783. The lowest BCUT2D eigenvalue weighted by atomic mass is 9.96. The van der Waals surface area contributed by atoms with Crippen molar-refractivity contribution >= 4 is 11.6 Å². The number of hydrogen-bond acceptors (Lipinski definition) is 4. The molecule has 1 heterocycles. The Bertz CT molecular complexity index is 530. The van der Waals surface area contributed by atoms with E-state index in [0.29, 0.717) is 0 Å². The topological polar surface area (TPSA) is 88.2 Å². The summed E-state index contributed by atoms with van der Waals surface area (Å²) < 4.78 is 51.9. The van der Waals surface area contributed by atoms with E-state index in [1.54, 1.807) is 0 Å². The number of nitrogens with two attached hydrogens (primary N) is 1. The molecule has 0 saturated heterocycles. The molecule has 1 rings (SSSR count). The van der Waals surface area contributed by atoms with Crippen LogP contribution in [0.5, 0.6) is 0 Å². The van der Waals surface area contributed by atoms with Gasteiger partial charge >= 0.3 is 6.18 Å². The number of primary amides is 1. The smallest absolute Gasteiger partial charge is 0.387 e. The Labute approximate surface area is 130 Å². The van der Waals surface area contributed by atoms with Crippen molar-refractivity contribution in [1.82, 2.24) is 4.98 Å². The Morgan fingerprint density at radius 1 is 1.43 bits per heavy atom. The number of anilines is 1. The van der Waals surface area contributed by atoms with Crippen LogP contribution in [0.3, 0.4) is 0 Å². The van der Waals surface area contributed by atoms with Gasteiger partial charge in [0.05, 0.1) is 22.5 Å². The molecular formula is C14H19F4N3O2. The van der Waals surface area contributed by atoms with E-state index in [9.17, 15) is 27.5 Å². The van der Waals surface area contributed by atoms with Gasteiger partial charge in [0.2, 0.25) is 0 Å². The molecule has 1 aromatic rings. The van der Waals surface area contributed by atoms with E-state index in [1.807, 2.05) is 0 Å². The predicted molar refractivity (Wildman–Crippen MR) is 76.8 cm³/mol. The average Bonchev–Trinajstić information content (AvgIpc) is 2.36. The second-order valence-electron chi connectivity index (χ2n) is 5.78. The van der Waals surface area contributed by atoms with Crippen LogP contribution in [0.15, 0.2) is 12.3 Å². The first-order valence-electron chi connectivity index (χ1n) is 6.81. The van der Waals surface area contributed by atoms with E-state index in [2.05, 4.69) is 10.3 Å². The van der Waals surface area contributed by atoms with Crippen LogP contribution >= 0.6 is 0 Å². The maximum atomic E-state index is 14.0. The Kier molecular flexibility index (Phi) is 5.57. The minimum Gasteiger partial charge on any atom is -0.387 e. The number of amides is 1. The summed E-state index contributed by atoms with van der Waals surface area (Å²) in [5, 5.41) is 11.7. The number of aromatic nitrogens is 1. The van der Waals surface area contributed by atoms with E-state index in [1.165, 1.54) is 13.8 Å². The zero-order chi connectivity index (χ0) is 18.0. The van der Waals surface area contributed by atoms with Crippen LogP contribution in [0.2, 0.25) is 0 Å². The van der Waals surface area contributed by atoms with Gasteiger partial charge in [-0.3, -0.25) is 9.78 Å². The van der Waals surface area contributed by atoms with Crippen LogP contribution < -0.4 is 11.1 Å². The van der Waals surface area contributed by atoms with Gasteiger partial charge in [-0.15, -0.1) is 0 Å². The predicted octanol–water partition coefficient (Wildman–Crippen LogP) is 2.19. The highest BCUT2D eigenvalue weighted by Crippen LogP contribution is 2.27. The number of carbonyl (C=O) groups is 1. The minimum atomic E-state index is -4.53. The van der Waals surface area contributed by atoms with Crippen LogP contribution in [0.4, 0.5) is 23.2 Å². The molecule has 9 heteroatoms. The van der Waals surface area contributed by atoms with Crippen molar-refractivity contribution in [3.63, 3.8) is 0 Å². The normalized spacial score (nSPS) is 15.1. The molecule has 0 aliphatic carbocycles. The van der Waals surface area contributed by atoms with Crippen LogP contribution in [-0.2, 0) is 6.42 Å². The third-order valence-electron chi connectivity index (χ3n) is 3.28. The molecular weight excluding hydrogens is 318 g/mol. The summed E-state index contributed by atoms with van der Waals surface area (Å²) in [5.41, 5.74) is 2.88. The molecule has 2 atom stereocenters. The van der Waals surface area contributed by atoms with Gasteiger partial charge < -0.3 is 16.2 Å². The monoisotopic (exact) mass is 337 g/mol. The largest absolute Gasteiger partial charge is 0.408 e. The number of carbonyl (C=O) groups excluding carboxylic acids is 1. The van der Waals surface area contributed by atoms with Crippen molar-refractivity contribution in [1.29, 1.82) is 0 Å². The van der Waals surface area contributed by atoms with Gasteiger partial charge in [0.1, 0.15) is 12.2 Å². The Hall–Kier alpha value is -1.90. The standard InChI is InChI=1S/C14H19F4N3O2/c1-7(14(16,17)18)21-8-4-5-20-9(11(8)12(19)22)6-10(15)13(2,3)23/h4-5,7,10,23H,6H2,1-3H3,(H2,19,22)(H,20,21)/t7?,10-/m1/s1. The lowest BCUT2D eigenvalue weighted by Crippen LogP contribution is -2.36. The summed E-state index contributed by atoms with van der Waals surface area (Å²) >= 11 is 0. The average molecular weight is 337 g/mol. The summed E-state index contributed by atoms with van der Waals surface area (Å²) in [7, 11) is 0. The highest BCUT2D eigenvalue weighted by atomic mass is 19.4. The Morgan fingerprint density at radius 3 is 2.43 bits per heavy atom. The molecule has 1 unspecified atom stereocenters. The van der Waals surface area contributed by atoms with Gasteiger partial charge in [0.15, 0.2) is 0 Å². The van der Waals surface area contributed by atoms with Crippen molar-refractivity contribution in [3.8, 4) is 0 Å². The summed E-state index contributed by atoms with van der Waals surface area (Å²) in [5.74, 6) is -1.03. The fourth-order valence-electron chi connectivity index (χ4n) is 1.79. The minimum absolute atomic E-state index is 0.119. The second kappa shape index (κ2) is 6.69. The van der Waals surface area contributed by atoms with E-state index in [4.69, 9.17) is 5.73 Å². The zero-order valence-electron chi connectivity index (χ0n) is 12.9. The number of rotatable bonds is 6. The van der Waals surface area contributed by atoms with Crippen LogP contribution in [0.25, 0.3) is 0 Å². The number of aliphatic hydroxyl groups is 1. The lowest BCUT2D eigenvalue weighted by Gasteiger charge is -2.24. The number of nitrogens with zero attached hydrogens (tertiary/aromatic N) is 1. The SMILES string of the molecule is CC(Nc1ccnc(C[C@@H](F)C(C)(C)O)c1C(N)=O)C(F)(F)F. The molecule has 0 bridgehead atoms. The number of halogens is 4. The van der Waals surface area contributed by atoms with Gasteiger partial charge in [0, 0.05) is 12.6 Å². The molecule has 1 aromatic heterocycles. The van der Waals surface area contributed by atoms with E-state index in [-0.39, 0.29) is 16.9 Å². The third-order valence-corrected chi connectivity index (χ3v) is 3.28. The van der Waals surface area contributed by atoms with Gasteiger partial charge in [0.25, 0.3) is 5.91 Å². The molecule has 1 amide bonds. The summed E-state index contributed by atoms with van der Waals surface area (Å²) in [4.78, 5) is 15.4. The maximum Gasteiger partial charge on any atom is 0.408 e. The first kappa shape index (κ1) is 19.1. The number of alkyl halides is 4. The number of nitrogens with one attached hydrogen (secondary N) is 1. The highest BCUT2D eigenvalue weighted by molar-refractivity contribution is 5.99. The van der Waals surface area contributed by atoms with Gasteiger partial charge in [-0.25, -0.2) is 4.39 Å². The third kappa shape index (κ3) is 5.05. The molecule has 5 nitrogen and oxygen atoms in total. The fraction of sp³-hybridized carbons (Fsp3) is 0.571. The number of pyridine rings is 1. The second-order valence-corrected chi connectivity index (χ2v) is 5.78. The van der Waals surface area contributed by atoms with Crippen LogP contribution in [0.1, 0.15) is 36.8 Å². The molecule has 0 radical (unpaired) electrons. The highest BCUT2D eigenvalue weighted by Gasteiger charge is 2.37. The molecule has 0 aromatic carbocycles. The quantitative estimate of drug-likeness (QED) is 0.695. The number of hydrogen-bond donors (Lipinski definition) is 3. The van der Waals surface area contributed by atoms with Crippen molar-refractivity contribution in [2.24, 2.45) is 5.73 Å². The van der Waals surface area contributed by atoms with Gasteiger partial charge in [-0.1, -0.05) is 0 Å². The van der Waals surface area contributed by atoms with E-state index < -0.39 is 36.3 Å². The first-order valence-corrected chi connectivity index (χ1v) is 6.81. The van der Waals surface area contributed by atoms with Crippen molar-refractivity contribution < 1.29 is 27.5 Å². The molecule has 0 aliphatic rings. The molecule has 23 heavy (non-hydrogen) atoms. The first-order chi connectivity index (χ1) is 10.3. The molecule has 4 N–H and O–H groups in total. The summed E-state index contributed by atoms with van der Waals surface area (Å²) in [6.45, 7) is 3.34. The fourth-order valence-corrected chi connectivity index (χ4v) is 1.79. The molecule has 0 fully saturated rings. The van der Waals surface area contributed by atoms with Gasteiger partial charge in [-0.2, -0.15) is 13.2 Å². The molecule has 130 valence electrons. The van der Waals surface area contributed by atoms with Crippen molar-refractivity contribution in [3.05, 3.63) is 23.5 Å². The van der Waals surface area contributed by atoms with Crippen molar-refractivity contribution in [2.45, 2.75) is 51.2 Å². The Morgan fingerprint density at radius 2 is 2.00 bits per heavy atom. The molecule has 0 saturated carbocycles. The summed E-state index contributed by atoms with van der Waals surface area (Å²) in [6.07, 6.45) is -5.63. The van der Waals surface area contributed by atoms with Crippen LogP contribution in [-0.4, -0.2) is 40.0 Å². The maximum absolute atomic E-state index is 14.0. The van der Waals surface area contributed by atoms with E-state index >= 15 is 0 Å².